The fourth-order valence-corrected chi connectivity index (χ4v) is 5.25. The Labute approximate surface area is 194 Å². The Morgan fingerprint density at radius 1 is 1.09 bits per heavy atom. The first-order valence-corrected chi connectivity index (χ1v) is 11.9. The lowest BCUT2D eigenvalue weighted by Gasteiger charge is -2.40. The number of benzene rings is 2. The SMILES string of the molecule is O=C(CCCc1c[nH]c2ccccc12)N1CCC(=O)N(Cc2ccccc2)C2(CCOC2)C1. The van der Waals surface area contributed by atoms with Crippen molar-refractivity contribution in [2.24, 2.45) is 0 Å². The minimum atomic E-state index is -0.435. The predicted octanol–water partition coefficient (Wildman–Crippen LogP) is 3.91. The summed E-state index contributed by atoms with van der Waals surface area (Å²) in [6.45, 7) is 2.72. The Morgan fingerprint density at radius 3 is 2.73 bits per heavy atom. The first kappa shape index (κ1) is 21.7. The molecule has 6 nitrogen and oxygen atoms in total. The second kappa shape index (κ2) is 9.40. The predicted molar refractivity (Wildman–Crippen MR) is 128 cm³/mol. The molecule has 0 aliphatic carbocycles. The van der Waals surface area contributed by atoms with Gasteiger partial charge in [-0.25, -0.2) is 0 Å². The van der Waals surface area contributed by atoms with Gasteiger partial charge in [0.1, 0.15) is 0 Å². The zero-order valence-electron chi connectivity index (χ0n) is 19.0. The molecule has 33 heavy (non-hydrogen) atoms. The minimum absolute atomic E-state index is 0.110. The summed E-state index contributed by atoms with van der Waals surface area (Å²) in [5, 5.41) is 1.23. The maximum Gasteiger partial charge on any atom is 0.225 e. The van der Waals surface area contributed by atoms with Crippen molar-refractivity contribution in [1.82, 2.24) is 14.8 Å². The van der Waals surface area contributed by atoms with E-state index in [1.54, 1.807) is 0 Å². The molecule has 2 saturated heterocycles. The molecule has 3 heterocycles. The first-order chi connectivity index (χ1) is 16.1. The lowest BCUT2D eigenvalue weighted by atomic mass is 9.94. The van der Waals surface area contributed by atoms with Gasteiger partial charge in [0.15, 0.2) is 0 Å². The monoisotopic (exact) mass is 445 g/mol. The third-order valence-electron chi connectivity index (χ3n) is 7.08. The number of aromatic amines is 1. The number of hydrogen-bond donors (Lipinski definition) is 1. The number of carbonyl (C=O) groups is 2. The highest BCUT2D eigenvalue weighted by molar-refractivity contribution is 5.83. The van der Waals surface area contributed by atoms with Crippen molar-refractivity contribution < 1.29 is 14.3 Å². The maximum atomic E-state index is 13.2. The zero-order chi connectivity index (χ0) is 22.7. The number of nitrogens with one attached hydrogen (secondary N) is 1. The Balaban J connectivity index is 1.26. The van der Waals surface area contributed by atoms with Gasteiger partial charge in [-0.15, -0.1) is 0 Å². The molecule has 0 bridgehead atoms. The van der Waals surface area contributed by atoms with E-state index in [-0.39, 0.29) is 11.8 Å². The number of hydrogen-bond acceptors (Lipinski definition) is 3. The largest absolute Gasteiger partial charge is 0.379 e. The molecule has 2 fully saturated rings. The average molecular weight is 446 g/mol. The quantitative estimate of drug-likeness (QED) is 0.626. The molecule has 1 spiro atoms. The van der Waals surface area contributed by atoms with Crippen molar-refractivity contribution in [2.75, 3.05) is 26.3 Å². The Hall–Kier alpha value is -3.12. The molecule has 172 valence electrons. The van der Waals surface area contributed by atoms with Crippen molar-refractivity contribution >= 4 is 22.7 Å². The number of para-hydroxylation sites is 1. The normalized spacial score (nSPS) is 21.2. The highest BCUT2D eigenvalue weighted by atomic mass is 16.5. The molecule has 2 aliphatic rings. The van der Waals surface area contributed by atoms with Crippen molar-refractivity contribution in [1.29, 1.82) is 0 Å². The zero-order valence-corrected chi connectivity index (χ0v) is 19.0. The summed E-state index contributed by atoms with van der Waals surface area (Å²) < 4.78 is 5.77. The number of fused-ring (bicyclic) bond motifs is 1. The summed E-state index contributed by atoms with van der Waals surface area (Å²) in [6.07, 6.45) is 5.32. The summed E-state index contributed by atoms with van der Waals surface area (Å²) in [6, 6.07) is 18.3. The van der Waals surface area contributed by atoms with Gasteiger partial charge in [0.25, 0.3) is 0 Å². The second-order valence-corrected chi connectivity index (χ2v) is 9.27. The van der Waals surface area contributed by atoms with E-state index >= 15 is 0 Å². The third-order valence-corrected chi connectivity index (χ3v) is 7.08. The molecule has 2 aliphatic heterocycles. The maximum absolute atomic E-state index is 13.2. The van der Waals surface area contributed by atoms with Crippen LogP contribution in [0.1, 0.15) is 36.8 Å². The lowest BCUT2D eigenvalue weighted by Crippen LogP contribution is -2.56. The number of H-pyrrole nitrogens is 1. The van der Waals surface area contributed by atoms with Crippen LogP contribution < -0.4 is 0 Å². The van der Waals surface area contributed by atoms with E-state index in [1.807, 2.05) is 46.3 Å². The molecule has 0 radical (unpaired) electrons. The van der Waals surface area contributed by atoms with E-state index in [1.165, 1.54) is 10.9 Å². The summed E-state index contributed by atoms with van der Waals surface area (Å²) in [4.78, 5) is 33.6. The van der Waals surface area contributed by atoms with Crippen LogP contribution in [0.15, 0.2) is 60.8 Å². The van der Waals surface area contributed by atoms with Crippen molar-refractivity contribution in [2.45, 2.75) is 44.2 Å². The average Bonchev–Trinajstić information content (AvgIpc) is 3.45. The van der Waals surface area contributed by atoms with Crippen LogP contribution in [-0.2, 0) is 27.3 Å². The number of aromatic nitrogens is 1. The molecule has 3 aromatic rings. The number of nitrogens with zero attached hydrogens (tertiary/aromatic N) is 2. The van der Waals surface area contributed by atoms with E-state index in [4.69, 9.17) is 4.74 Å². The summed E-state index contributed by atoms with van der Waals surface area (Å²) >= 11 is 0. The fourth-order valence-electron chi connectivity index (χ4n) is 5.25. The van der Waals surface area contributed by atoms with Gasteiger partial charge in [-0.05, 0) is 36.5 Å². The highest BCUT2D eigenvalue weighted by Crippen LogP contribution is 2.32. The summed E-state index contributed by atoms with van der Waals surface area (Å²) in [5.74, 6) is 0.244. The summed E-state index contributed by atoms with van der Waals surface area (Å²) in [7, 11) is 0. The van der Waals surface area contributed by atoms with Gasteiger partial charge < -0.3 is 19.5 Å². The second-order valence-electron chi connectivity index (χ2n) is 9.27. The molecular weight excluding hydrogens is 414 g/mol. The van der Waals surface area contributed by atoms with Gasteiger partial charge in [-0.1, -0.05) is 48.5 Å². The van der Waals surface area contributed by atoms with E-state index in [0.29, 0.717) is 45.7 Å². The van der Waals surface area contributed by atoms with Crippen LogP contribution in [0.25, 0.3) is 10.9 Å². The first-order valence-electron chi connectivity index (χ1n) is 11.9. The molecule has 1 N–H and O–H groups in total. The molecular formula is C27H31N3O3. The van der Waals surface area contributed by atoms with Crippen LogP contribution in [0.5, 0.6) is 0 Å². The molecule has 1 atom stereocenters. The Kier molecular flexibility index (Phi) is 6.18. The third kappa shape index (κ3) is 4.53. The molecule has 1 unspecified atom stereocenters. The number of rotatable bonds is 6. The van der Waals surface area contributed by atoms with Crippen LogP contribution >= 0.6 is 0 Å². The van der Waals surface area contributed by atoms with Crippen LogP contribution in [0, 0.1) is 0 Å². The standard InChI is InChI=1S/C27H31N3O3/c31-25(12-6-9-22-17-28-24-11-5-4-10-23(22)24)29-15-13-26(32)30(18-21-7-2-1-3-8-21)27(19-29)14-16-33-20-27/h1-5,7-8,10-11,17,28H,6,9,12-16,18-20H2. The van der Waals surface area contributed by atoms with Crippen LogP contribution in [0.2, 0.25) is 0 Å². The summed E-state index contributed by atoms with van der Waals surface area (Å²) in [5.41, 5.74) is 3.05. The van der Waals surface area contributed by atoms with E-state index in [9.17, 15) is 9.59 Å². The van der Waals surface area contributed by atoms with Gasteiger partial charge in [0.2, 0.25) is 11.8 Å². The van der Waals surface area contributed by atoms with Crippen molar-refractivity contribution in [3.05, 3.63) is 71.9 Å². The minimum Gasteiger partial charge on any atom is -0.379 e. The topological polar surface area (TPSA) is 65.6 Å². The molecule has 6 heteroatoms. The van der Waals surface area contributed by atoms with E-state index in [0.717, 1.165) is 30.3 Å². The number of carbonyl (C=O) groups excluding carboxylic acids is 2. The Morgan fingerprint density at radius 2 is 1.91 bits per heavy atom. The number of ether oxygens (including phenoxy) is 1. The molecule has 5 rings (SSSR count). The fraction of sp³-hybridized carbons (Fsp3) is 0.407. The molecule has 1 aromatic heterocycles. The van der Waals surface area contributed by atoms with Crippen LogP contribution in [-0.4, -0.2) is 58.4 Å². The van der Waals surface area contributed by atoms with Crippen molar-refractivity contribution in [3.63, 3.8) is 0 Å². The molecule has 0 saturated carbocycles. The van der Waals surface area contributed by atoms with Crippen LogP contribution in [0.3, 0.4) is 0 Å². The number of amides is 2. The Bertz CT molecular complexity index is 1120. The van der Waals surface area contributed by atoms with Gasteiger partial charge in [0, 0.05) is 56.2 Å². The van der Waals surface area contributed by atoms with Gasteiger partial charge in [-0.2, -0.15) is 0 Å². The molecule has 2 amide bonds. The number of aryl methyl sites for hydroxylation is 1. The lowest BCUT2D eigenvalue weighted by molar-refractivity contribution is -0.138. The van der Waals surface area contributed by atoms with Gasteiger partial charge in [-0.3, -0.25) is 9.59 Å². The van der Waals surface area contributed by atoms with Gasteiger partial charge in [0.05, 0.1) is 12.1 Å². The molecule has 2 aromatic carbocycles. The van der Waals surface area contributed by atoms with Gasteiger partial charge >= 0.3 is 0 Å². The van der Waals surface area contributed by atoms with E-state index < -0.39 is 5.54 Å². The smallest absolute Gasteiger partial charge is 0.225 e. The van der Waals surface area contributed by atoms with Crippen molar-refractivity contribution in [3.8, 4) is 0 Å². The van der Waals surface area contributed by atoms with Crippen LogP contribution in [0.4, 0.5) is 0 Å². The highest BCUT2D eigenvalue weighted by Gasteiger charge is 2.46. The van der Waals surface area contributed by atoms with E-state index in [2.05, 4.69) is 29.2 Å².